The lowest BCUT2D eigenvalue weighted by Gasteiger charge is -2.25. The highest BCUT2D eigenvalue weighted by molar-refractivity contribution is 9.10. The number of benzene rings is 2. The summed E-state index contributed by atoms with van der Waals surface area (Å²) in [5, 5.41) is 0. The van der Waals surface area contributed by atoms with Gasteiger partial charge in [-0.15, -0.1) is 0 Å². The van der Waals surface area contributed by atoms with Crippen LogP contribution < -0.4 is 29.1 Å². The van der Waals surface area contributed by atoms with Gasteiger partial charge < -0.3 is 18.9 Å². The van der Waals surface area contributed by atoms with Gasteiger partial charge in [-0.05, 0) is 92.0 Å². The molecule has 216 valence electrons. The van der Waals surface area contributed by atoms with Crippen molar-refractivity contribution in [2.75, 3.05) is 13.2 Å². The maximum absolute atomic E-state index is 13.9. The van der Waals surface area contributed by atoms with Gasteiger partial charge in [-0.2, -0.15) is 0 Å². The van der Waals surface area contributed by atoms with Gasteiger partial charge in [-0.1, -0.05) is 23.5 Å². The van der Waals surface area contributed by atoms with E-state index in [4.69, 9.17) is 18.9 Å². The Balaban J connectivity index is 1.88. The van der Waals surface area contributed by atoms with Crippen LogP contribution in [-0.2, 0) is 14.3 Å². The van der Waals surface area contributed by atoms with Crippen molar-refractivity contribution in [1.82, 2.24) is 4.57 Å². The quantitative estimate of drug-likeness (QED) is 0.247. The second kappa shape index (κ2) is 12.9. The Labute approximate surface area is 249 Å². The topological polar surface area (TPSA) is 105 Å². The number of hydrogen-bond donors (Lipinski definition) is 0. The first-order valence-corrected chi connectivity index (χ1v) is 14.8. The molecule has 2 heterocycles. The van der Waals surface area contributed by atoms with Crippen LogP contribution in [0.25, 0.3) is 6.08 Å². The Morgan fingerprint density at radius 3 is 2.46 bits per heavy atom. The van der Waals surface area contributed by atoms with E-state index in [0.29, 0.717) is 48.7 Å². The summed E-state index contributed by atoms with van der Waals surface area (Å²) in [5.74, 6) is 0.296. The van der Waals surface area contributed by atoms with Gasteiger partial charge in [0.25, 0.3) is 5.56 Å². The van der Waals surface area contributed by atoms with Gasteiger partial charge in [0, 0.05) is 6.92 Å². The summed E-state index contributed by atoms with van der Waals surface area (Å²) in [7, 11) is 0. The minimum Gasteiger partial charge on any atom is -0.491 e. The van der Waals surface area contributed by atoms with E-state index in [9.17, 15) is 14.4 Å². The van der Waals surface area contributed by atoms with Crippen molar-refractivity contribution in [3.63, 3.8) is 0 Å². The van der Waals surface area contributed by atoms with Gasteiger partial charge in [-0.25, -0.2) is 9.79 Å². The van der Waals surface area contributed by atoms with Gasteiger partial charge in [0.2, 0.25) is 0 Å². The van der Waals surface area contributed by atoms with Crippen LogP contribution >= 0.6 is 27.3 Å². The largest absolute Gasteiger partial charge is 0.491 e. The normalized spacial score (nSPS) is 14.9. The van der Waals surface area contributed by atoms with Crippen LogP contribution in [0.5, 0.6) is 17.2 Å². The number of halogens is 1. The first-order chi connectivity index (χ1) is 19.5. The van der Waals surface area contributed by atoms with E-state index in [1.165, 1.54) is 22.8 Å². The molecule has 0 saturated heterocycles. The average Bonchev–Trinajstić information content (AvgIpc) is 3.19. The maximum atomic E-state index is 13.9. The standard InChI is InChI=1S/C30H31BrN2O7S/c1-7-37-23-14-19(13-22(31)27(23)40-18(6)34)15-24-28(35)33-26(20-9-11-21(12-10-20)39-16(3)4)25(29(36)38-8-2)17(5)32-30(33)41-24/h9-16,26H,7-8H2,1-6H3. The smallest absolute Gasteiger partial charge is 0.338 e. The molecule has 0 amide bonds. The molecule has 41 heavy (non-hydrogen) atoms. The predicted octanol–water partition coefficient (Wildman–Crippen LogP) is 4.67. The lowest BCUT2D eigenvalue weighted by atomic mass is 9.96. The van der Waals surface area contributed by atoms with Crippen LogP contribution in [0.15, 0.2) is 61.9 Å². The Kier molecular flexibility index (Phi) is 9.49. The predicted molar refractivity (Wildman–Crippen MR) is 159 cm³/mol. The number of hydrogen-bond acceptors (Lipinski definition) is 9. The van der Waals surface area contributed by atoms with E-state index in [1.54, 1.807) is 32.1 Å². The van der Waals surface area contributed by atoms with Gasteiger partial charge >= 0.3 is 11.9 Å². The molecule has 0 aliphatic carbocycles. The van der Waals surface area contributed by atoms with Gasteiger partial charge in [0.1, 0.15) is 5.75 Å². The summed E-state index contributed by atoms with van der Waals surface area (Å²) >= 11 is 4.66. The van der Waals surface area contributed by atoms with Crippen molar-refractivity contribution in [3.8, 4) is 17.2 Å². The van der Waals surface area contributed by atoms with E-state index in [-0.39, 0.29) is 24.0 Å². The third kappa shape index (κ3) is 6.62. The first-order valence-electron chi connectivity index (χ1n) is 13.1. The van der Waals surface area contributed by atoms with Gasteiger partial charge in [-0.3, -0.25) is 14.2 Å². The molecule has 0 fully saturated rings. The van der Waals surface area contributed by atoms with Crippen molar-refractivity contribution in [2.45, 2.75) is 53.7 Å². The van der Waals surface area contributed by atoms with Crippen LogP contribution in [0, 0.1) is 0 Å². The molecule has 2 aromatic carbocycles. The summed E-state index contributed by atoms with van der Waals surface area (Å²) in [5.41, 5.74) is 1.84. The minimum absolute atomic E-state index is 0.00197. The lowest BCUT2D eigenvalue weighted by molar-refractivity contribution is -0.139. The number of carbonyl (C=O) groups excluding carboxylic acids is 2. The Morgan fingerprint density at radius 1 is 1.15 bits per heavy atom. The zero-order chi connectivity index (χ0) is 29.8. The number of carbonyl (C=O) groups is 2. The van der Waals surface area contributed by atoms with Crippen molar-refractivity contribution < 1.29 is 28.5 Å². The molecule has 11 heteroatoms. The zero-order valence-corrected chi connectivity index (χ0v) is 26.1. The SMILES string of the molecule is CCOC(=O)C1=C(C)N=c2sc(=Cc3cc(Br)c(OC(C)=O)c(OCC)c3)c(=O)n2C1c1ccc(OC(C)C)cc1. The van der Waals surface area contributed by atoms with Crippen LogP contribution in [-0.4, -0.2) is 35.8 Å². The number of fused-ring (bicyclic) bond motifs is 1. The van der Waals surface area contributed by atoms with E-state index in [2.05, 4.69) is 20.9 Å². The third-order valence-electron chi connectivity index (χ3n) is 5.96. The Morgan fingerprint density at radius 2 is 1.85 bits per heavy atom. The van der Waals surface area contributed by atoms with Crippen LogP contribution in [0.2, 0.25) is 0 Å². The van der Waals surface area contributed by atoms with Gasteiger partial charge in [0.15, 0.2) is 16.3 Å². The summed E-state index contributed by atoms with van der Waals surface area (Å²) in [6.45, 7) is 11.0. The maximum Gasteiger partial charge on any atom is 0.338 e. The average molecular weight is 644 g/mol. The van der Waals surface area contributed by atoms with Crippen molar-refractivity contribution in [1.29, 1.82) is 0 Å². The van der Waals surface area contributed by atoms with E-state index >= 15 is 0 Å². The summed E-state index contributed by atoms with van der Waals surface area (Å²) in [6.07, 6.45) is 1.72. The number of thiazole rings is 1. The lowest BCUT2D eigenvalue weighted by Crippen LogP contribution is -2.39. The van der Waals surface area contributed by atoms with E-state index in [1.807, 2.05) is 45.0 Å². The number of aromatic nitrogens is 1. The summed E-state index contributed by atoms with van der Waals surface area (Å²) < 4.78 is 24.6. The molecule has 9 nitrogen and oxygen atoms in total. The number of rotatable bonds is 9. The highest BCUT2D eigenvalue weighted by atomic mass is 79.9. The van der Waals surface area contributed by atoms with Gasteiger partial charge in [0.05, 0.1) is 45.6 Å². The fourth-order valence-corrected chi connectivity index (χ4v) is 6.02. The Bertz CT molecular complexity index is 1690. The van der Waals surface area contributed by atoms with E-state index < -0.39 is 18.0 Å². The molecule has 0 saturated carbocycles. The highest BCUT2D eigenvalue weighted by Crippen LogP contribution is 2.37. The van der Waals surface area contributed by atoms with E-state index in [0.717, 1.165) is 5.56 Å². The molecule has 0 radical (unpaired) electrons. The third-order valence-corrected chi connectivity index (χ3v) is 7.53. The molecule has 3 aromatic rings. The summed E-state index contributed by atoms with van der Waals surface area (Å²) in [4.78, 5) is 43.7. The van der Waals surface area contributed by atoms with Crippen LogP contribution in [0.3, 0.4) is 0 Å². The molecule has 4 rings (SSSR count). The second-order valence-electron chi connectivity index (χ2n) is 9.39. The molecule has 1 aromatic heterocycles. The minimum atomic E-state index is -0.738. The first kappa shape index (κ1) is 30.3. The number of esters is 2. The molecule has 1 aliphatic heterocycles. The fraction of sp³-hybridized carbons (Fsp3) is 0.333. The van der Waals surface area contributed by atoms with Crippen LogP contribution in [0.4, 0.5) is 0 Å². The second-order valence-corrected chi connectivity index (χ2v) is 11.3. The number of nitrogens with zero attached hydrogens (tertiary/aromatic N) is 2. The monoisotopic (exact) mass is 642 g/mol. The molecule has 1 aliphatic rings. The molecular weight excluding hydrogens is 612 g/mol. The molecule has 0 N–H and O–H groups in total. The van der Waals surface area contributed by atoms with Crippen molar-refractivity contribution >= 4 is 45.3 Å². The Hall–Kier alpha value is -3.70. The fourth-order valence-electron chi connectivity index (χ4n) is 4.44. The zero-order valence-electron chi connectivity index (χ0n) is 23.6. The van der Waals surface area contributed by atoms with Crippen molar-refractivity contribution in [2.24, 2.45) is 4.99 Å². The van der Waals surface area contributed by atoms with Crippen molar-refractivity contribution in [3.05, 3.63) is 83.0 Å². The highest BCUT2D eigenvalue weighted by Gasteiger charge is 2.33. The molecule has 0 bridgehead atoms. The molecule has 1 unspecified atom stereocenters. The number of allylic oxidation sites excluding steroid dienone is 1. The van der Waals surface area contributed by atoms with Crippen LogP contribution in [0.1, 0.15) is 58.7 Å². The molecule has 1 atom stereocenters. The molecule has 0 spiro atoms. The molecular formula is C30H31BrN2O7S. The summed E-state index contributed by atoms with van der Waals surface area (Å²) in [6, 6.07) is 10.0. The number of ether oxygens (including phenoxy) is 4.